The van der Waals surface area contributed by atoms with E-state index in [1.165, 1.54) is 19.3 Å². The lowest BCUT2D eigenvalue weighted by Crippen LogP contribution is -2.29. The molecule has 68 valence electrons. The first-order chi connectivity index (χ1) is 5.22. The Kier molecular flexibility index (Phi) is 5.57. The van der Waals surface area contributed by atoms with Crippen LogP contribution in [0.5, 0.6) is 0 Å². The van der Waals surface area contributed by atoms with Gasteiger partial charge in [-0.1, -0.05) is 34.1 Å². The quantitative estimate of drug-likeness (QED) is 0.574. The third kappa shape index (κ3) is 3.24. The van der Waals surface area contributed by atoms with Gasteiger partial charge in [0.1, 0.15) is 0 Å². The SMILES string of the molecule is CC.CC1CCCC(C)C1O. The van der Waals surface area contributed by atoms with Gasteiger partial charge in [-0.2, -0.15) is 0 Å². The predicted molar refractivity (Wildman–Crippen MR) is 49.5 cm³/mol. The van der Waals surface area contributed by atoms with Crippen molar-refractivity contribution in [2.75, 3.05) is 0 Å². The molecule has 0 amide bonds. The van der Waals surface area contributed by atoms with Crippen LogP contribution in [-0.2, 0) is 0 Å². The molecule has 1 rings (SSSR count). The molecule has 1 nitrogen and oxygen atoms in total. The second-order valence-corrected chi connectivity index (χ2v) is 3.38. The van der Waals surface area contributed by atoms with Gasteiger partial charge in [-0.05, 0) is 24.7 Å². The average molecular weight is 158 g/mol. The minimum absolute atomic E-state index is 0.0289. The first-order valence-corrected chi connectivity index (χ1v) is 4.90. The van der Waals surface area contributed by atoms with Gasteiger partial charge in [-0.25, -0.2) is 0 Å². The maximum absolute atomic E-state index is 9.45. The number of hydrogen-bond donors (Lipinski definition) is 1. The number of aliphatic hydroxyl groups is 1. The Bertz CT molecular complexity index is 80.9. The Morgan fingerprint density at radius 2 is 1.36 bits per heavy atom. The molecule has 1 fully saturated rings. The van der Waals surface area contributed by atoms with E-state index in [1.54, 1.807) is 0 Å². The fraction of sp³-hybridized carbons (Fsp3) is 1.00. The van der Waals surface area contributed by atoms with Crippen molar-refractivity contribution in [2.24, 2.45) is 11.8 Å². The van der Waals surface area contributed by atoms with Gasteiger partial charge in [0.2, 0.25) is 0 Å². The molecule has 0 radical (unpaired) electrons. The number of aliphatic hydroxyl groups excluding tert-OH is 1. The number of rotatable bonds is 0. The van der Waals surface area contributed by atoms with E-state index in [9.17, 15) is 5.11 Å². The third-order valence-electron chi connectivity index (χ3n) is 2.48. The summed E-state index contributed by atoms with van der Waals surface area (Å²) >= 11 is 0. The molecule has 0 heterocycles. The Hall–Kier alpha value is -0.0400. The highest BCUT2D eigenvalue weighted by molar-refractivity contribution is 4.75. The first kappa shape index (κ1) is 11.0. The van der Waals surface area contributed by atoms with Crippen LogP contribution < -0.4 is 0 Å². The summed E-state index contributed by atoms with van der Waals surface area (Å²) < 4.78 is 0. The maximum Gasteiger partial charge on any atom is 0.0591 e. The van der Waals surface area contributed by atoms with Crippen molar-refractivity contribution in [3.8, 4) is 0 Å². The van der Waals surface area contributed by atoms with Crippen LogP contribution in [0.25, 0.3) is 0 Å². The van der Waals surface area contributed by atoms with Crippen LogP contribution >= 0.6 is 0 Å². The Balaban J connectivity index is 0.000000461. The molecule has 0 saturated heterocycles. The fourth-order valence-electron chi connectivity index (χ4n) is 1.66. The molecule has 0 aromatic rings. The van der Waals surface area contributed by atoms with Gasteiger partial charge in [-0.15, -0.1) is 0 Å². The Morgan fingerprint density at radius 3 is 1.64 bits per heavy atom. The van der Waals surface area contributed by atoms with Gasteiger partial charge in [-0.3, -0.25) is 0 Å². The smallest absolute Gasteiger partial charge is 0.0591 e. The molecule has 2 unspecified atom stereocenters. The molecule has 1 heteroatoms. The van der Waals surface area contributed by atoms with E-state index >= 15 is 0 Å². The van der Waals surface area contributed by atoms with Gasteiger partial charge in [0, 0.05) is 0 Å². The summed E-state index contributed by atoms with van der Waals surface area (Å²) in [6, 6.07) is 0. The van der Waals surface area contributed by atoms with Crippen molar-refractivity contribution < 1.29 is 5.11 Å². The second kappa shape index (κ2) is 5.59. The molecule has 1 aliphatic rings. The molecule has 0 aromatic carbocycles. The van der Waals surface area contributed by atoms with E-state index in [0.717, 1.165) is 0 Å². The van der Waals surface area contributed by atoms with Gasteiger partial charge in [0.25, 0.3) is 0 Å². The summed E-state index contributed by atoms with van der Waals surface area (Å²) in [6.07, 6.45) is 3.70. The van der Waals surface area contributed by atoms with Crippen molar-refractivity contribution in [3.63, 3.8) is 0 Å². The minimum Gasteiger partial charge on any atom is -0.393 e. The van der Waals surface area contributed by atoms with Crippen molar-refractivity contribution in [2.45, 2.75) is 53.1 Å². The van der Waals surface area contributed by atoms with Crippen LogP contribution in [0.4, 0.5) is 0 Å². The molecule has 11 heavy (non-hydrogen) atoms. The van der Waals surface area contributed by atoms with Gasteiger partial charge in [0.05, 0.1) is 6.10 Å². The summed E-state index contributed by atoms with van der Waals surface area (Å²) in [6.45, 7) is 8.28. The standard InChI is InChI=1S/C8H16O.C2H6/c1-6-4-3-5-7(2)8(6)9;1-2/h6-9H,3-5H2,1-2H3;1-2H3. The molecule has 1 saturated carbocycles. The molecular weight excluding hydrogens is 136 g/mol. The Labute approximate surface area is 70.8 Å². The van der Waals surface area contributed by atoms with Crippen LogP contribution in [0.2, 0.25) is 0 Å². The summed E-state index contributed by atoms with van der Waals surface area (Å²) in [7, 11) is 0. The second-order valence-electron chi connectivity index (χ2n) is 3.38. The average Bonchev–Trinajstić information content (AvgIpc) is 2.04. The lowest BCUT2D eigenvalue weighted by atomic mass is 9.81. The van der Waals surface area contributed by atoms with Crippen molar-refractivity contribution in [1.29, 1.82) is 0 Å². The zero-order chi connectivity index (χ0) is 8.85. The van der Waals surface area contributed by atoms with Crippen molar-refractivity contribution in [3.05, 3.63) is 0 Å². The third-order valence-corrected chi connectivity index (χ3v) is 2.48. The normalized spacial score (nSPS) is 37.4. The molecule has 2 atom stereocenters. The van der Waals surface area contributed by atoms with Gasteiger partial charge >= 0.3 is 0 Å². The molecule has 0 aromatic heterocycles. The molecule has 1 N–H and O–H groups in total. The molecule has 0 bridgehead atoms. The highest BCUT2D eigenvalue weighted by Gasteiger charge is 2.24. The van der Waals surface area contributed by atoms with Crippen molar-refractivity contribution >= 4 is 0 Å². The molecular formula is C10H22O. The van der Waals surface area contributed by atoms with Crippen LogP contribution in [-0.4, -0.2) is 11.2 Å². The predicted octanol–water partition coefficient (Wildman–Crippen LogP) is 2.83. The zero-order valence-corrected chi connectivity index (χ0v) is 8.30. The van der Waals surface area contributed by atoms with Gasteiger partial charge < -0.3 is 5.11 Å². The van der Waals surface area contributed by atoms with Crippen LogP contribution in [0.3, 0.4) is 0 Å². The summed E-state index contributed by atoms with van der Waals surface area (Å²) in [4.78, 5) is 0. The Morgan fingerprint density at radius 1 is 1.00 bits per heavy atom. The van der Waals surface area contributed by atoms with E-state index in [1.807, 2.05) is 13.8 Å². The monoisotopic (exact) mass is 158 g/mol. The zero-order valence-electron chi connectivity index (χ0n) is 8.30. The number of hydrogen-bond acceptors (Lipinski definition) is 1. The van der Waals surface area contributed by atoms with E-state index < -0.39 is 0 Å². The van der Waals surface area contributed by atoms with E-state index in [4.69, 9.17) is 0 Å². The van der Waals surface area contributed by atoms with E-state index in [0.29, 0.717) is 11.8 Å². The van der Waals surface area contributed by atoms with E-state index in [2.05, 4.69) is 13.8 Å². The van der Waals surface area contributed by atoms with Crippen LogP contribution in [0.1, 0.15) is 47.0 Å². The largest absolute Gasteiger partial charge is 0.393 e. The van der Waals surface area contributed by atoms with Crippen LogP contribution in [0.15, 0.2) is 0 Å². The fourth-order valence-corrected chi connectivity index (χ4v) is 1.66. The summed E-state index contributed by atoms with van der Waals surface area (Å²) in [5.74, 6) is 1.07. The maximum atomic E-state index is 9.45. The van der Waals surface area contributed by atoms with Crippen molar-refractivity contribution in [1.82, 2.24) is 0 Å². The highest BCUT2D eigenvalue weighted by Crippen LogP contribution is 2.28. The molecule has 0 spiro atoms. The molecule has 0 aliphatic heterocycles. The molecule has 1 aliphatic carbocycles. The summed E-state index contributed by atoms with van der Waals surface area (Å²) in [5.41, 5.74) is 0. The van der Waals surface area contributed by atoms with E-state index in [-0.39, 0.29) is 6.10 Å². The first-order valence-electron chi connectivity index (χ1n) is 4.90. The topological polar surface area (TPSA) is 20.2 Å². The minimum atomic E-state index is -0.0289. The highest BCUT2D eigenvalue weighted by atomic mass is 16.3. The van der Waals surface area contributed by atoms with Gasteiger partial charge in [0.15, 0.2) is 0 Å². The lowest BCUT2D eigenvalue weighted by molar-refractivity contribution is 0.0334. The van der Waals surface area contributed by atoms with Crippen LogP contribution in [0, 0.1) is 11.8 Å². The summed E-state index contributed by atoms with van der Waals surface area (Å²) in [5, 5.41) is 9.45. The lowest BCUT2D eigenvalue weighted by Gasteiger charge is -2.29.